The zero-order valence-electron chi connectivity index (χ0n) is 12.5. The first-order chi connectivity index (χ1) is 9.58. The Balaban J connectivity index is 1.92. The van der Waals surface area contributed by atoms with E-state index in [4.69, 9.17) is 5.73 Å². The van der Waals surface area contributed by atoms with E-state index in [-0.39, 0.29) is 5.91 Å². The van der Waals surface area contributed by atoms with Crippen LogP contribution >= 0.6 is 0 Å². The summed E-state index contributed by atoms with van der Waals surface area (Å²) in [5.41, 5.74) is 7.00. The molecule has 4 nitrogen and oxygen atoms in total. The van der Waals surface area contributed by atoms with Gasteiger partial charge in [0, 0.05) is 26.2 Å². The molecule has 1 aliphatic rings. The lowest BCUT2D eigenvalue weighted by Crippen LogP contribution is -2.46. The fraction of sp³-hybridized carbons (Fsp3) is 0.562. The molecule has 0 saturated carbocycles. The quantitative estimate of drug-likeness (QED) is 0.885. The number of carbonyl (C=O) groups is 1. The Kier molecular flexibility index (Phi) is 5.15. The highest BCUT2D eigenvalue weighted by Gasteiger charge is 2.27. The van der Waals surface area contributed by atoms with Gasteiger partial charge in [-0.05, 0) is 31.9 Å². The molecular formula is C16H25N3O. The van der Waals surface area contributed by atoms with Crippen molar-refractivity contribution in [3.05, 3.63) is 35.9 Å². The summed E-state index contributed by atoms with van der Waals surface area (Å²) in [5.74, 6) is 0.0246. The van der Waals surface area contributed by atoms with Gasteiger partial charge in [0.1, 0.15) is 0 Å². The number of hydrogen-bond donors (Lipinski definition) is 1. The second-order valence-electron chi connectivity index (χ2n) is 5.76. The summed E-state index contributed by atoms with van der Waals surface area (Å²) in [4.78, 5) is 16.1. The SMILES string of the molecule is C[C@H](N)C(=O)N(C)C[C@@H]1CCCN1Cc1ccccc1. The first-order valence-corrected chi connectivity index (χ1v) is 7.36. The Labute approximate surface area is 121 Å². The van der Waals surface area contributed by atoms with Crippen LogP contribution in [0.5, 0.6) is 0 Å². The van der Waals surface area contributed by atoms with Crippen molar-refractivity contribution in [3.63, 3.8) is 0 Å². The molecule has 1 fully saturated rings. The number of nitrogens with zero attached hydrogens (tertiary/aromatic N) is 2. The van der Waals surface area contributed by atoms with Crippen molar-refractivity contribution in [1.82, 2.24) is 9.80 Å². The van der Waals surface area contributed by atoms with Crippen LogP contribution in [0.4, 0.5) is 0 Å². The second kappa shape index (κ2) is 6.86. The van der Waals surface area contributed by atoms with Crippen LogP contribution in [0.2, 0.25) is 0 Å². The number of nitrogens with two attached hydrogens (primary N) is 1. The van der Waals surface area contributed by atoms with Gasteiger partial charge in [0.05, 0.1) is 6.04 Å². The van der Waals surface area contributed by atoms with E-state index in [9.17, 15) is 4.79 Å². The van der Waals surface area contributed by atoms with Crippen LogP contribution in [-0.2, 0) is 11.3 Å². The second-order valence-corrected chi connectivity index (χ2v) is 5.76. The number of hydrogen-bond acceptors (Lipinski definition) is 3. The van der Waals surface area contributed by atoms with E-state index >= 15 is 0 Å². The molecule has 0 aromatic heterocycles. The maximum absolute atomic E-state index is 11.9. The van der Waals surface area contributed by atoms with E-state index in [1.54, 1.807) is 11.8 Å². The lowest BCUT2D eigenvalue weighted by atomic mass is 10.1. The molecule has 1 aromatic carbocycles. The first-order valence-electron chi connectivity index (χ1n) is 7.36. The Morgan fingerprint density at radius 3 is 2.80 bits per heavy atom. The summed E-state index contributed by atoms with van der Waals surface area (Å²) < 4.78 is 0. The third kappa shape index (κ3) is 3.81. The molecule has 0 radical (unpaired) electrons. The Hall–Kier alpha value is -1.39. The minimum absolute atomic E-state index is 0.0246. The van der Waals surface area contributed by atoms with Crippen molar-refractivity contribution in [2.75, 3.05) is 20.1 Å². The molecule has 1 aliphatic heterocycles. The van der Waals surface area contributed by atoms with Crippen LogP contribution in [0.25, 0.3) is 0 Å². The van der Waals surface area contributed by atoms with Gasteiger partial charge in [-0.25, -0.2) is 0 Å². The molecule has 20 heavy (non-hydrogen) atoms. The summed E-state index contributed by atoms with van der Waals surface area (Å²) in [6.07, 6.45) is 2.36. The zero-order chi connectivity index (χ0) is 14.5. The average Bonchev–Trinajstić information content (AvgIpc) is 2.86. The van der Waals surface area contributed by atoms with E-state index in [2.05, 4.69) is 29.2 Å². The van der Waals surface area contributed by atoms with Gasteiger partial charge in [-0.2, -0.15) is 0 Å². The van der Waals surface area contributed by atoms with Crippen LogP contribution in [0.15, 0.2) is 30.3 Å². The van der Waals surface area contributed by atoms with E-state index < -0.39 is 6.04 Å². The van der Waals surface area contributed by atoms with Crippen molar-refractivity contribution >= 4 is 5.91 Å². The molecule has 1 saturated heterocycles. The largest absolute Gasteiger partial charge is 0.343 e. The normalized spacial score (nSPS) is 20.9. The van der Waals surface area contributed by atoms with Crippen molar-refractivity contribution in [2.45, 2.75) is 38.4 Å². The summed E-state index contributed by atoms with van der Waals surface area (Å²) in [6, 6.07) is 10.5. The molecule has 4 heteroatoms. The minimum atomic E-state index is -0.413. The van der Waals surface area contributed by atoms with Gasteiger partial charge in [-0.1, -0.05) is 30.3 Å². The number of benzene rings is 1. The maximum Gasteiger partial charge on any atom is 0.238 e. The van der Waals surface area contributed by atoms with Gasteiger partial charge in [0.2, 0.25) is 5.91 Å². The van der Waals surface area contributed by atoms with Crippen molar-refractivity contribution in [2.24, 2.45) is 5.73 Å². The minimum Gasteiger partial charge on any atom is -0.343 e. The van der Waals surface area contributed by atoms with Crippen molar-refractivity contribution in [1.29, 1.82) is 0 Å². The molecule has 1 amide bonds. The van der Waals surface area contributed by atoms with Crippen LogP contribution in [-0.4, -0.2) is 47.9 Å². The first kappa shape index (κ1) is 15.0. The predicted molar refractivity (Wildman–Crippen MR) is 81.2 cm³/mol. The molecule has 2 atom stereocenters. The number of likely N-dealkylation sites (N-methyl/N-ethyl adjacent to an activating group) is 1. The molecule has 0 bridgehead atoms. The third-order valence-electron chi connectivity index (χ3n) is 3.98. The summed E-state index contributed by atoms with van der Waals surface area (Å²) in [7, 11) is 1.85. The topological polar surface area (TPSA) is 49.6 Å². The monoisotopic (exact) mass is 275 g/mol. The van der Waals surface area contributed by atoms with Crippen LogP contribution in [0, 0.1) is 0 Å². The van der Waals surface area contributed by atoms with E-state index in [0.717, 1.165) is 26.1 Å². The fourth-order valence-corrected chi connectivity index (χ4v) is 2.88. The Morgan fingerprint density at radius 2 is 2.15 bits per heavy atom. The van der Waals surface area contributed by atoms with Gasteiger partial charge >= 0.3 is 0 Å². The van der Waals surface area contributed by atoms with E-state index in [1.165, 1.54) is 12.0 Å². The van der Waals surface area contributed by atoms with Crippen molar-refractivity contribution < 1.29 is 4.79 Å². The van der Waals surface area contributed by atoms with Gasteiger partial charge in [0.15, 0.2) is 0 Å². The molecule has 2 rings (SSSR count). The molecule has 0 spiro atoms. The number of rotatable bonds is 5. The molecule has 110 valence electrons. The molecule has 0 aliphatic carbocycles. The van der Waals surface area contributed by atoms with Crippen LogP contribution in [0.1, 0.15) is 25.3 Å². The average molecular weight is 275 g/mol. The van der Waals surface area contributed by atoms with E-state index in [0.29, 0.717) is 6.04 Å². The Morgan fingerprint density at radius 1 is 1.45 bits per heavy atom. The van der Waals surface area contributed by atoms with Crippen LogP contribution < -0.4 is 5.73 Å². The standard InChI is InChI=1S/C16H25N3O/c1-13(17)16(20)18(2)12-15-9-6-10-19(15)11-14-7-4-3-5-8-14/h3-5,7-8,13,15H,6,9-12,17H2,1-2H3/t13-,15-/m0/s1. The Bertz CT molecular complexity index is 433. The fourth-order valence-electron chi connectivity index (χ4n) is 2.88. The molecule has 2 N–H and O–H groups in total. The van der Waals surface area contributed by atoms with Gasteiger partial charge in [-0.15, -0.1) is 0 Å². The summed E-state index contributed by atoms with van der Waals surface area (Å²) >= 11 is 0. The van der Waals surface area contributed by atoms with Gasteiger partial charge in [0.25, 0.3) is 0 Å². The summed E-state index contributed by atoms with van der Waals surface area (Å²) in [5, 5.41) is 0. The maximum atomic E-state index is 11.9. The van der Waals surface area contributed by atoms with Crippen LogP contribution in [0.3, 0.4) is 0 Å². The highest BCUT2D eigenvalue weighted by atomic mass is 16.2. The number of amides is 1. The molecule has 1 aromatic rings. The third-order valence-corrected chi connectivity index (χ3v) is 3.98. The lowest BCUT2D eigenvalue weighted by molar-refractivity contribution is -0.131. The zero-order valence-corrected chi connectivity index (χ0v) is 12.5. The highest BCUT2D eigenvalue weighted by Crippen LogP contribution is 2.20. The van der Waals surface area contributed by atoms with Gasteiger partial charge < -0.3 is 10.6 Å². The number of likely N-dealkylation sites (tertiary alicyclic amines) is 1. The molecular weight excluding hydrogens is 250 g/mol. The number of carbonyl (C=O) groups excluding carboxylic acids is 1. The molecule has 0 unspecified atom stereocenters. The highest BCUT2D eigenvalue weighted by molar-refractivity contribution is 5.80. The summed E-state index contributed by atoms with van der Waals surface area (Å²) in [6.45, 7) is 4.59. The molecule has 1 heterocycles. The predicted octanol–water partition coefficient (Wildman–Crippen LogP) is 1.46. The van der Waals surface area contributed by atoms with Gasteiger partial charge in [-0.3, -0.25) is 9.69 Å². The lowest BCUT2D eigenvalue weighted by Gasteiger charge is -2.29. The smallest absolute Gasteiger partial charge is 0.238 e. The van der Waals surface area contributed by atoms with Crippen molar-refractivity contribution in [3.8, 4) is 0 Å². The van der Waals surface area contributed by atoms with E-state index in [1.807, 2.05) is 13.1 Å².